The molecular weight excluding hydrogens is 310 g/mol. The molecule has 2 aromatic heterocycles. The summed E-state index contributed by atoms with van der Waals surface area (Å²) in [5.41, 5.74) is 10.4. The van der Waals surface area contributed by atoms with Crippen LogP contribution < -0.4 is 10.6 Å². The van der Waals surface area contributed by atoms with Crippen molar-refractivity contribution in [1.29, 1.82) is 0 Å². The fourth-order valence-electron chi connectivity index (χ4n) is 3.80. The van der Waals surface area contributed by atoms with Crippen LogP contribution >= 0.6 is 0 Å². The number of hydrogen-bond donors (Lipinski definition) is 2. The van der Waals surface area contributed by atoms with Crippen LogP contribution in [0.15, 0.2) is 42.6 Å². The van der Waals surface area contributed by atoms with Crippen LogP contribution in [0.3, 0.4) is 0 Å². The standard InChI is InChI=1S/C20H25N5/c21-12-3-4-14-25(20-23-16-9-1-2-10-17(16)24-20)18-11-5-7-15-8-6-13-22-19(15)18/h1-2,6,8-10,13,18H,3-5,7,11-12,14,21H2,(H,23,24)/t18-/m0/s1. The average molecular weight is 335 g/mol. The third-order valence-corrected chi connectivity index (χ3v) is 5.04. The van der Waals surface area contributed by atoms with Gasteiger partial charge in [0.2, 0.25) is 5.95 Å². The van der Waals surface area contributed by atoms with Gasteiger partial charge in [-0.15, -0.1) is 0 Å². The van der Waals surface area contributed by atoms with E-state index in [2.05, 4.69) is 28.1 Å². The van der Waals surface area contributed by atoms with E-state index in [0.29, 0.717) is 0 Å². The largest absolute Gasteiger partial charge is 0.334 e. The maximum Gasteiger partial charge on any atom is 0.204 e. The fourth-order valence-corrected chi connectivity index (χ4v) is 3.80. The third-order valence-electron chi connectivity index (χ3n) is 5.04. The smallest absolute Gasteiger partial charge is 0.204 e. The molecule has 25 heavy (non-hydrogen) atoms. The second-order valence-electron chi connectivity index (χ2n) is 6.72. The number of nitrogens with one attached hydrogen (secondary N) is 1. The first kappa shape index (κ1) is 16.1. The number of aryl methyl sites for hydroxylation is 1. The molecule has 0 saturated carbocycles. The number of rotatable bonds is 6. The SMILES string of the molecule is NCCCCN(c1nc2ccccc2[nH]1)[C@H]1CCCc2cccnc21. The van der Waals surface area contributed by atoms with Crippen LogP contribution in [0, 0.1) is 0 Å². The van der Waals surface area contributed by atoms with Crippen molar-refractivity contribution in [2.45, 2.75) is 38.1 Å². The highest BCUT2D eigenvalue weighted by molar-refractivity contribution is 5.77. The Kier molecular flexibility index (Phi) is 4.65. The molecule has 5 nitrogen and oxygen atoms in total. The Morgan fingerprint density at radius 2 is 2.08 bits per heavy atom. The molecule has 4 rings (SSSR count). The minimum Gasteiger partial charge on any atom is -0.334 e. The molecule has 0 saturated heterocycles. The Hall–Kier alpha value is -2.40. The monoisotopic (exact) mass is 335 g/mol. The lowest BCUT2D eigenvalue weighted by Gasteiger charge is -2.35. The Balaban J connectivity index is 1.71. The summed E-state index contributed by atoms with van der Waals surface area (Å²) >= 11 is 0. The van der Waals surface area contributed by atoms with E-state index in [0.717, 1.165) is 55.8 Å². The van der Waals surface area contributed by atoms with Crippen molar-refractivity contribution < 1.29 is 0 Å². The zero-order chi connectivity index (χ0) is 17.1. The first-order valence-electron chi connectivity index (χ1n) is 9.22. The molecule has 130 valence electrons. The Labute approximate surface area is 148 Å². The predicted molar refractivity (Wildman–Crippen MR) is 102 cm³/mol. The molecule has 1 atom stereocenters. The van der Waals surface area contributed by atoms with Crippen molar-refractivity contribution in [2.75, 3.05) is 18.0 Å². The molecule has 5 heteroatoms. The van der Waals surface area contributed by atoms with E-state index in [-0.39, 0.29) is 6.04 Å². The number of nitrogens with two attached hydrogens (primary N) is 1. The summed E-state index contributed by atoms with van der Waals surface area (Å²) in [5.74, 6) is 0.946. The van der Waals surface area contributed by atoms with E-state index in [4.69, 9.17) is 15.7 Å². The normalized spacial score (nSPS) is 16.8. The topological polar surface area (TPSA) is 70.8 Å². The molecule has 0 bridgehead atoms. The molecule has 0 spiro atoms. The number of pyridine rings is 1. The number of aromatic amines is 1. The van der Waals surface area contributed by atoms with E-state index in [9.17, 15) is 0 Å². The van der Waals surface area contributed by atoms with Crippen LogP contribution in [0.2, 0.25) is 0 Å². The number of para-hydroxylation sites is 2. The highest BCUT2D eigenvalue weighted by Gasteiger charge is 2.28. The highest BCUT2D eigenvalue weighted by Crippen LogP contribution is 2.35. The molecule has 0 aliphatic heterocycles. The summed E-state index contributed by atoms with van der Waals surface area (Å²) in [6, 6.07) is 12.7. The number of aromatic nitrogens is 3. The minimum atomic E-state index is 0.281. The number of H-pyrrole nitrogens is 1. The van der Waals surface area contributed by atoms with Crippen molar-refractivity contribution in [3.05, 3.63) is 53.9 Å². The summed E-state index contributed by atoms with van der Waals surface area (Å²) in [5, 5.41) is 0. The predicted octanol–water partition coefficient (Wildman–Crippen LogP) is 3.58. The average Bonchev–Trinajstić information content (AvgIpc) is 3.09. The number of imidazole rings is 1. The van der Waals surface area contributed by atoms with Crippen LogP contribution in [0.4, 0.5) is 5.95 Å². The summed E-state index contributed by atoms with van der Waals surface area (Å²) in [7, 11) is 0. The maximum atomic E-state index is 5.72. The zero-order valence-electron chi connectivity index (χ0n) is 14.5. The fraction of sp³-hybridized carbons (Fsp3) is 0.400. The zero-order valence-corrected chi connectivity index (χ0v) is 14.5. The molecule has 0 amide bonds. The number of fused-ring (bicyclic) bond motifs is 2. The van der Waals surface area contributed by atoms with Gasteiger partial charge in [-0.25, -0.2) is 4.98 Å². The van der Waals surface area contributed by atoms with Crippen LogP contribution in [0.5, 0.6) is 0 Å². The second-order valence-corrected chi connectivity index (χ2v) is 6.72. The molecule has 1 aliphatic carbocycles. The van der Waals surface area contributed by atoms with Gasteiger partial charge in [0.25, 0.3) is 0 Å². The van der Waals surface area contributed by atoms with E-state index >= 15 is 0 Å². The van der Waals surface area contributed by atoms with Gasteiger partial charge in [0.05, 0.1) is 22.8 Å². The van der Waals surface area contributed by atoms with Crippen molar-refractivity contribution in [2.24, 2.45) is 5.73 Å². The second kappa shape index (κ2) is 7.23. The number of nitrogens with zero attached hydrogens (tertiary/aromatic N) is 3. The number of anilines is 1. The van der Waals surface area contributed by atoms with E-state index in [1.165, 1.54) is 17.7 Å². The Morgan fingerprint density at radius 3 is 2.96 bits per heavy atom. The molecule has 0 unspecified atom stereocenters. The van der Waals surface area contributed by atoms with Gasteiger partial charge in [-0.1, -0.05) is 18.2 Å². The van der Waals surface area contributed by atoms with E-state index in [1.54, 1.807) is 0 Å². The van der Waals surface area contributed by atoms with Crippen LogP contribution in [0.25, 0.3) is 11.0 Å². The number of benzene rings is 1. The first-order valence-corrected chi connectivity index (χ1v) is 9.22. The van der Waals surface area contributed by atoms with Gasteiger partial charge in [0.1, 0.15) is 0 Å². The minimum absolute atomic E-state index is 0.281. The quantitative estimate of drug-likeness (QED) is 0.676. The van der Waals surface area contributed by atoms with Crippen molar-refractivity contribution in [3.8, 4) is 0 Å². The lowest BCUT2D eigenvalue weighted by atomic mass is 9.91. The van der Waals surface area contributed by atoms with Gasteiger partial charge >= 0.3 is 0 Å². The molecule has 1 aromatic carbocycles. The lowest BCUT2D eigenvalue weighted by Crippen LogP contribution is -2.34. The highest BCUT2D eigenvalue weighted by atomic mass is 15.3. The summed E-state index contributed by atoms with van der Waals surface area (Å²) in [4.78, 5) is 15.5. The molecule has 0 fully saturated rings. The van der Waals surface area contributed by atoms with Gasteiger partial charge < -0.3 is 15.6 Å². The Morgan fingerprint density at radius 1 is 1.16 bits per heavy atom. The van der Waals surface area contributed by atoms with Gasteiger partial charge in [0, 0.05) is 12.7 Å². The molecule has 3 N–H and O–H groups in total. The summed E-state index contributed by atoms with van der Waals surface area (Å²) in [6.45, 7) is 1.67. The van der Waals surface area contributed by atoms with Gasteiger partial charge in [-0.05, 0) is 62.4 Å². The Bertz CT molecular complexity index is 808. The van der Waals surface area contributed by atoms with Crippen molar-refractivity contribution in [3.63, 3.8) is 0 Å². The van der Waals surface area contributed by atoms with Crippen LogP contribution in [-0.2, 0) is 6.42 Å². The van der Waals surface area contributed by atoms with Gasteiger partial charge in [-0.3, -0.25) is 4.98 Å². The van der Waals surface area contributed by atoms with Crippen molar-refractivity contribution in [1.82, 2.24) is 15.0 Å². The first-order chi connectivity index (χ1) is 12.4. The molecule has 3 aromatic rings. The van der Waals surface area contributed by atoms with Crippen LogP contribution in [0.1, 0.15) is 43.0 Å². The molecule has 1 aliphatic rings. The summed E-state index contributed by atoms with van der Waals surface area (Å²) in [6.07, 6.45) is 7.43. The molecular formula is C20H25N5. The van der Waals surface area contributed by atoms with Gasteiger partial charge in [0.15, 0.2) is 0 Å². The van der Waals surface area contributed by atoms with Crippen molar-refractivity contribution >= 4 is 17.0 Å². The molecule has 2 heterocycles. The van der Waals surface area contributed by atoms with E-state index in [1.807, 2.05) is 24.4 Å². The number of hydrogen-bond acceptors (Lipinski definition) is 4. The molecule has 0 radical (unpaired) electrons. The van der Waals surface area contributed by atoms with E-state index < -0.39 is 0 Å². The van der Waals surface area contributed by atoms with Gasteiger partial charge in [-0.2, -0.15) is 0 Å². The van der Waals surface area contributed by atoms with Crippen LogP contribution in [-0.4, -0.2) is 28.0 Å². The summed E-state index contributed by atoms with van der Waals surface area (Å²) < 4.78 is 0. The number of unbranched alkanes of at least 4 members (excludes halogenated alkanes) is 1. The maximum absolute atomic E-state index is 5.72. The lowest BCUT2D eigenvalue weighted by molar-refractivity contribution is 0.492. The third kappa shape index (κ3) is 3.24.